The summed E-state index contributed by atoms with van der Waals surface area (Å²) in [4.78, 5) is 36.1. The minimum absolute atomic E-state index is 0.189. The fraction of sp³-hybridized carbons (Fsp3) is 0.538. The topological polar surface area (TPSA) is 127 Å². The summed E-state index contributed by atoms with van der Waals surface area (Å²) < 4.78 is 0. The number of nitrogens with one attached hydrogen (secondary N) is 3. The predicted octanol–water partition coefficient (Wildman–Crippen LogP) is -0.354. The van der Waals surface area contributed by atoms with Gasteiger partial charge in [-0.2, -0.15) is 5.10 Å². The number of hydrogen-bond donors (Lipinski definition) is 4. The Morgan fingerprint density at radius 3 is 2.73 bits per heavy atom. The highest BCUT2D eigenvalue weighted by Gasteiger charge is 2.42. The molecule has 2 rings (SSSR count). The van der Waals surface area contributed by atoms with Gasteiger partial charge in [0.15, 0.2) is 0 Å². The van der Waals surface area contributed by atoms with E-state index in [1.165, 1.54) is 11.1 Å². The van der Waals surface area contributed by atoms with Gasteiger partial charge in [0.25, 0.3) is 5.91 Å². The van der Waals surface area contributed by atoms with Crippen molar-refractivity contribution in [2.75, 3.05) is 26.2 Å². The van der Waals surface area contributed by atoms with Crippen LogP contribution in [0.25, 0.3) is 0 Å². The molecule has 0 aliphatic carbocycles. The lowest BCUT2D eigenvalue weighted by atomic mass is 9.90. The monoisotopic (exact) mass is 309 g/mol. The van der Waals surface area contributed by atoms with Gasteiger partial charge in [-0.15, -0.1) is 0 Å². The van der Waals surface area contributed by atoms with Gasteiger partial charge in [-0.3, -0.25) is 14.7 Å². The molecular weight excluding hydrogens is 290 g/mol. The molecule has 0 saturated carbocycles. The largest absolute Gasteiger partial charge is 0.481 e. The van der Waals surface area contributed by atoms with Gasteiger partial charge in [0.2, 0.25) is 0 Å². The summed E-state index contributed by atoms with van der Waals surface area (Å²) in [6.07, 6.45) is 1.91. The van der Waals surface area contributed by atoms with Crippen LogP contribution in [0, 0.1) is 5.41 Å². The van der Waals surface area contributed by atoms with Gasteiger partial charge in [-0.1, -0.05) is 0 Å². The first-order valence-corrected chi connectivity index (χ1v) is 6.96. The molecule has 1 aromatic heterocycles. The van der Waals surface area contributed by atoms with Crippen molar-refractivity contribution in [3.8, 4) is 0 Å². The summed E-state index contributed by atoms with van der Waals surface area (Å²) in [5.74, 6) is -1.19. The molecule has 0 radical (unpaired) electrons. The van der Waals surface area contributed by atoms with Crippen molar-refractivity contribution in [1.82, 2.24) is 25.7 Å². The Labute approximate surface area is 127 Å². The second kappa shape index (κ2) is 6.46. The number of amides is 3. The van der Waals surface area contributed by atoms with Crippen molar-refractivity contribution in [2.45, 2.75) is 13.3 Å². The number of carboxylic acid groups (broad SMARTS) is 1. The zero-order valence-electron chi connectivity index (χ0n) is 12.3. The third kappa shape index (κ3) is 3.54. The molecule has 22 heavy (non-hydrogen) atoms. The van der Waals surface area contributed by atoms with Gasteiger partial charge in [-0.05, 0) is 19.4 Å². The Hall–Kier alpha value is -2.58. The van der Waals surface area contributed by atoms with E-state index in [-0.39, 0.29) is 31.6 Å². The number of hydrogen-bond acceptors (Lipinski definition) is 4. The Morgan fingerprint density at radius 2 is 2.14 bits per heavy atom. The number of urea groups is 1. The highest BCUT2D eigenvalue weighted by atomic mass is 16.4. The molecule has 1 aliphatic rings. The predicted molar refractivity (Wildman–Crippen MR) is 76.3 cm³/mol. The van der Waals surface area contributed by atoms with E-state index in [4.69, 9.17) is 5.11 Å². The molecule has 120 valence electrons. The fourth-order valence-electron chi connectivity index (χ4n) is 2.24. The first kappa shape index (κ1) is 15.8. The van der Waals surface area contributed by atoms with Crippen LogP contribution in [-0.2, 0) is 4.79 Å². The van der Waals surface area contributed by atoms with E-state index in [2.05, 4.69) is 20.8 Å². The van der Waals surface area contributed by atoms with Crippen LogP contribution in [-0.4, -0.2) is 64.3 Å². The second-order valence-corrected chi connectivity index (χ2v) is 5.50. The second-order valence-electron chi connectivity index (χ2n) is 5.50. The molecule has 4 N–H and O–H groups in total. The molecule has 2 heterocycles. The average molecular weight is 309 g/mol. The molecule has 1 atom stereocenters. The molecule has 1 fully saturated rings. The number of aromatic nitrogens is 2. The SMILES string of the molecule is CC1(C(=O)O)CCN(C(=O)NCCNC(=O)c2ccn[nH]2)C1. The van der Waals surface area contributed by atoms with Gasteiger partial charge >= 0.3 is 12.0 Å². The fourth-order valence-corrected chi connectivity index (χ4v) is 2.24. The summed E-state index contributed by atoms with van der Waals surface area (Å²) in [6.45, 7) is 2.77. The van der Waals surface area contributed by atoms with Crippen molar-refractivity contribution < 1.29 is 19.5 Å². The van der Waals surface area contributed by atoms with Crippen LogP contribution in [0.1, 0.15) is 23.8 Å². The highest BCUT2D eigenvalue weighted by molar-refractivity contribution is 5.92. The summed E-state index contributed by atoms with van der Waals surface area (Å²) in [6, 6.07) is 1.23. The van der Waals surface area contributed by atoms with Gasteiger partial charge < -0.3 is 20.6 Å². The molecule has 0 spiro atoms. The van der Waals surface area contributed by atoms with E-state index in [1.54, 1.807) is 13.0 Å². The number of aliphatic carboxylic acids is 1. The number of carbonyl (C=O) groups is 3. The Balaban J connectivity index is 1.68. The van der Waals surface area contributed by atoms with E-state index in [0.29, 0.717) is 18.7 Å². The van der Waals surface area contributed by atoms with E-state index >= 15 is 0 Å². The van der Waals surface area contributed by atoms with Crippen LogP contribution >= 0.6 is 0 Å². The Morgan fingerprint density at radius 1 is 1.41 bits per heavy atom. The maximum Gasteiger partial charge on any atom is 0.317 e. The number of nitrogens with zero attached hydrogens (tertiary/aromatic N) is 2. The molecule has 1 saturated heterocycles. The Kier molecular flexibility index (Phi) is 4.64. The van der Waals surface area contributed by atoms with E-state index in [0.717, 1.165) is 0 Å². The van der Waals surface area contributed by atoms with Crippen molar-refractivity contribution >= 4 is 17.9 Å². The minimum atomic E-state index is -0.894. The third-order valence-electron chi connectivity index (χ3n) is 3.71. The smallest absolute Gasteiger partial charge is 0.317 e. The minimum Gasteiger partial charge on any atom is -0.481 e. The molecule has 9 nitrogen and oxygen atoms in total. The number of carbonyl (C=O) groups excluding carboxylic acids is 2. The normalized spacial score (nSPS) is 20.7. The summed E-state index contributed by atoms with van der Waals surface area (Å²) in [5.41, 5.74) is -0.533. The zero-order chi connectivity index (χ0) is 16.2. The molecule has 1 aromatic rings. The van der Waals surface area contributed by atoms with Crippen LogP contribution in [0.4, 0.5) is 4.79 Å². The van der Waals surface area contributed by atoms with Crippen LogP contribution < -0.4 is 10.6 Å². The van der Waals surface area contributed by atoms with Crippen LogP contribution in [0.2, 0.25) is 0 Å². The molecule has 1 unspecified atom stereocenters. The molecule has 3 amide bonds. The van der Waals surface area contributed by atoms with Gasteiger partial charge in [0.1, 0.15) is 5.69 Å². The number of rotatable bonds is 5. The number of likely N-dealkylation sites (tertiary alicyclic amines) is 1. The van der Waals surface area contributed by atoms with Crippen LogP contribution in [0.3, 0.4) is 0 Å². The van der Waals surface area contributed by atoms with Crippen molar-refractivity contribution in [1.29, 1.82) is 0 Å². The van der Waals surface area contributed by atoms with Gasteiger partial charge in [0.05, 0.1) is 5.41 Å². The quantitative estimate of drug-likeness (QED) is 0.553. The third-order valence-corrected chi connectivity index (χ3v) is 3.71. The van der Waals surface area contributed by atoms with Crippen LogP contribution in [0.5, 0.6) is 0 Å². The maximum absolute atomic E-state index is 11.9. The first-order chi connectivity index (χ1) is 10.4. The maximum atomic E-state index is 11.9. The molecule has 0 aromatic carbocycles. The van der Waals surface area contributed by atoms with Gasteiger partial charge in [0, 0.05) is 32.4 Å². The number of aromatic amines is 1. The van der Waals surface area contributed by atoms with E-state index < -0.39 is 11.4 Å². The lowest BCUT2D eigenvalue weighted by Gasteiger charge is -2.20. The lowest BCUT2D eigenvalue weighted by Crippen LogP contribution is -2.43. The standard InChI is InChI=1S/C13H19N5O4/c1-13(11(20)21)3-7-18(8-13)12(22)15-6-5-14-10(19)9-2-4-16-17-9/h2,4H,3,5-8H2,1H3,(H,14,19)(H,15,22)(H,16,17)(H,20,21). The van der Waals surface area contributed by atoms with Crippen molar-refractivity contribution in [3.05, 3.63) is 18.0 Å². The van der Waals surface area contributed by atoms with Crippen LogP contribution in [0.15, 0.2) is 12.3 Å². The summed E-state index contributed by atoms with van der Waals surface area (Å²) >= 11 is 0. The van der Waals surface area contributed by atoms with Crippen molar-refractivity contribution in [3.63, 3.8) is 0 Å². The van der Waals surface area contributed by atoms with E-state index in [9.17, 15) is 14.4 Å². The van der Waals surface area contributed by atoms with Gasteiger partial charge in [-0.25, -0.2) is 4.79 Å². The zero-order valence-corrected chi connectivity index (χ0v) is 12.3. The molecule has 1 aliphatic heterocycles. The first-order valence-electron chi connectivity index (χ1n) is 6.96. The number of H-pyrrole nitrogens is 1. The lowest BCUT2D eigenvalue weighted by molar-refractivity contribution is -0.147. The highest BCUT2D eigenvalue weighted by Crippen LogP contribution is 2.29. The molecule has 0 bridgehead atoms. The average Bonchev–Trinajstić information content (AvgIpc) is 3.13. The summed E-state index contributed by atoms with van der Waals surface area (Å²) in [7, 11) is 0. The molecular formula is C13H19N5O4. The number of carboxylic acids is 1. The Bertz CT molecular complexity index is 559. The summed E-state index contributed by atoms with van der Waals surface area (Å²) in [5, 5.41) is 20.6. The van der Waals surface area contributed by atoms with Crippen molar-refractivity contribution in [2.24, 2.45) is 5.41 Å². The van der Waals surface area contributed by atoms with E-state index in [1.807, 2.05) is 0 Å². The molecule has 9 heteroatoms.